The van der Waals surface area contributed by atoms with Gasteiger partial charge in [-0.05, 0) is 59.8 Å². The van der Waals surface area contributed by atoms with Crippen LogP contribution in [0.3, 0.4) is 0 Å². The second-order valence-corrected chi connectivity index (χ2v) is 11.6. The van der Waals surface area contributed by atoms with Crippen LogP contribution in [0.15, 0.2) is 0 Å². The molecule has 0 saturated carbocycles. The Labute approximate surface area is 196 Å². The number of hydrogen-bond donors (Lipinski definition) is 0. The molecular formula is C24H39NO8. The Bertz CT molecular complexity index is 763. The fourth-order valence-electron chi connectivity index (χ4n) is 3.82. The van der Waals surface area contributed by atoms with Crippen LogP contribution in [-0.4, -0.2) is 60.0 Å². The van der Waals surface area contributed by atoms with E-state index in [2.05, 4.69) is 13.8 Å². The van der Waals surface area contributed by atoms with Crippen LogP contribution in [0, 0.1) is 22.7 Å². The van der Waals surface area contributed by atoms with Crippen molar-refractivity contribution in [2.75, 3.05) is 6.61 Å². The van der Waals surface area contributed by atoms with Crippen molar-refractivity contribution in [1.82, 2.24) is 4.90 Å². The molecule has 0 bridgehead atoms. The molecule has 188 valence electrons. The molecule has 2 aliphatic rings. The standard InChI is InChI=1S/C24H39NO8/c1-13(2)10-14(3)11-16(26)25-17-18(32-21(28)24(7,8)9)15(31-20(27)23(4,5)6)12-30-19(17)33-22(25)29/h13-15,17-19H,10-12H2,1-9H3/t14-,15+,17-,18+,19-/m0/s1. The molecule has 0 aromatic rings. The number of amides is 2. The number of carbonyl (C=O) groups is 4. The van der Waals surface area contributed by atoms with Gasteiger partial charge in [0.25, 0.3) is 0 Å². The summed E-state index contributed by atoms with van der Waals surface area (Å²) in [6.07, 6.45) is -3.13. The lowest BCUT2D eigenvalue weighted by molar-refractivity contribution is -0.227. The lowest BCUT2D eigenvalue weighted by Crippen LogP contribution is -2.61. The highest BCUT2D eigenvalue weighted by atomic mass is 16.7. The van der Waals surface area contributed by atoms with Crippen molar-refractivity contribution in [3.63, 3.8) is 0 Å². The van der Waals surface area contributed by atoms with Crippen molar-refractivity contribution in [1.29, 1.82) is 0 Å². The molecule has 0 N–H and O–H groups in total. The van der Waals surface area contributed by atoms with Gasteiger partial charge in [-0.3, -0.25) is 14.4 Å². The molecule has 33 heavy (non-hydrogen) atoms. The molecule has 2 aliphatic heterocycles. The molecule has 0 aromatic carbocycles. The van der Waals surface area contributed by atoms with E-state index in [1.807, 2.05) is 6.92 Å². The highest BCUT2D eigenvalue weighted by Crippen LogP contribution is 2.35. The molecule has 2 amide bonds. The number of hydrogen-bond acceptors (Lipinski definition) is 8. The highest BCUT2D eigenvalue weighted by molar-refractivity contribution is 5.94. The number of esters is 2. The van der Waals surface area contributed by atoms with Crippen molar-refractivity contribution in [2.24, 2.45) is 22.7 Å². The molecule has 2 saturated heterocycles. The second-order valence-electron chi connectivity index (χ2n) is 11.6. The zero-order valence-electron chi connectivity index (χ0n) is 21.3. The smallest absolute Gasteiger partial charge is 0.419 e. The van der Waals surface area contributed by atoms with Gasteiger partial charge in [0.2, 0.25) is 12.2 Å². The van der Waals surface area contributed by atoms with Gasteiger partial charge >= 0.3 is 18.0 Å². The van der Waals surface area contributed by atoms with Gasteiger partial charge in [0.05, 0.1) is 17.4 Å². The van der Waals surface area contributed by atoms with Crippen molar-refractivity contribution in [3.05, 3.63) is 0 Å². The molecule has 0 aliphatic carbocycles. The number of rotatable bonds is 6. The average molecular weight is 470 g/mol. The number of imide groups is 1. The van der Waals surface area contributed by atoms with Crippen LogP contribution in [0.2, 0.25) is 0 Å². The molecule has 9 heteroatoms. The predicted molar refractivity (Wildman–Crippen MR) is 119 cm³/mol. The van der Waals surface area contributed by atoms with E-state index in [0.29, 0.717) is 5.92 Å². The first-order valence-corrected chi connectivity index (χ1v) is 11.6. The maximum atomic E-state index is 13.1. The molecule has 2 heterocycles. The van der Waals surface area contributed by atoms with Gasteiger partial charge in [0.1, 0.15) is 6.04 Å². The number of ether oxygens (including phenoxy) is 4. The SMILES string of the molecule is CC(C)C[C@H](C)CC(=O)N1C(=O)O[C@@H]2OC[C@@H](OC(=O)C(C)(C)C)[C@@H](OC(=O)C(C)(C)C)[C@@H]21. The van der Waals surface area contributed by atoms with Crippen molar-refractivity contribution in [2.45, 2.75) is 99.7 Å². The van der Waals surface area contributed by atoms with E-state index in [9.17, 15) is 19.2 Å². The van der Waals surface area contributed by atoms with E-state index in [4.69, 9.17) is 18.9 Å². The van der Waals surface area contributed by atoms with E-state index >= 15 is 0 Å². The van der Waals surface area contributed by atoms with Gasteiger partial charge in [-0.25, -0.2) is 9.69 Å². The van der Waals surface area contributed by atoms with Crippen LogP contribution in [0.1, 0.15) is 75.2 Å². The maximum Gasteiger partial charge on any atom is 0.419 e. The van der Waals surface area contributed by atoms with E-state index in [1.165, 1.54) is 0 Å². The minimum Gasteiger partial charge on any atom is -0.455 e. The van der Waals surface area contributed by atoms with Crippen molar-refractivity contribution in [3.8, 4) is 0 Å². The molecule has 0 aromatic heterocycles. The minimum absolute atomic E-state index is 0.0407. The summed E-state index contributed by atoms with van der Waals surface area (Å²) in [5.74, 6) is -1.07. The van der Waals surface area contributed by atoms with Crippen molar-refractivity contribution < 1.29 is 38.1 Å². The molecule has 0 unspecified atom stereocenters. The lowest BCUT2D eigenvalue weighted by Gasteiger charge is -2.40. The molecule has 2 fully saturated rings. The summed E-state index contributed by atoms with van der Waals surface area (Å²) >= 11 is 0. The summed E-state index contributed by atoms with van der Waals surface area (Å²) < 4.78 is 22.3. The first-order valence-electron chi connectivity index (χ1n) is 11.6. The minimum atomic E-state index is -1.11. The summed E-state index contributed by atoms with van der Waals surface area (Å²) in [5, 5.41) is 0. The van der Waals surface area contributed by atoms with Crippen LogP contribution in [-0.2, 0) is 33.3 Å². The fraction of sp³-hybridized carbons (Fsp3) is 0.833. The topological polar surface area (TPSA) is 108 Å². The second kappa shape index (κ2) is 9.99. The first kappa shape index (κ1) is 27.1. The Morgan fingerprint density at radius 1 is 1.00 bits per heavy atom. The molecule has 5 atom stereocenters. The zero-order valence-corrected chi connectivity index (χ0v) is 21.3. The van der Waals surface area contributed by atoms with Gasteiger partial charge < -0.3 is 18.9 Å². The highest BCUT2D eigenvalue weighted by Gasteiger charge is 2.58. The number of carbonyl (C=O) groups excluding carboxylic acids is 4. The van der Waals surface area contributed by atoms with Crippen molar-refractivity contribution >= 4 is 23.9 Å². The van der Waals surface area contributed by atoms with E-state index < -0.39 is 59.3 Å². The molecular weight excluding hydrogens is 430 g/mol. The van der Waals surface area contributed by atoms with E-state index in [1.54, 1.807) is 41.5 Å². The predicted octanol–water partition coefficient (Wildman–Crippen LogP) is 3.68. The zero-order chi connectivity index (χ0) is 25.3. The van der Waals surface area contributed by atoms with Gasteiger partial charge in [-0.15, -0.1) is 0 Å². The molecule has 9 nitrogen and oxygen atoms in total. The molecule has 0 spiro atoms. The van der Waals surface area contributed by atoms with Gasteiger partial charge in [0, 0.05) is 6.42 Å². The Morgan fingerprint density at radius 2 is 1.55 bits per heavy atom. The van der Waals surface area contributed by atoms with Crippen LogP contribution in [0.25, 0.3) is 0 Å². The van der Waals surface area contributed by atoms with Crippen LogP contribution < -0.4 is 0 Å². The largest absolute Gasteiger partial charge is 0.455 e. The third-order valence-corrected chi connectivity index (χ3v) is 5.51. The summed E-state index contributed by atoms with van der Waals surface area (Å²) in [4.78, 5) is 52.1. The third kappa shape index (κ3) is 6.68. The monoisotopic (exact) mass is 469 g/mol. The number of nitrogens with zero attached hydrogens (tertiary/aromatic N) is 1. The average Bonchev–Trinajstić information content (AvgIpc) is 2.97. The maximum absolute atomic E-state index is 13.1. The van der Waals surface area contributed by atoms with Crippen LogP contribution in [0.4, 0.5) is 4.79 Å². The third-order valence-electron chi connectivity index (χ3n) is 5.51. The summed E-state index contributed by atoms with van der Waals surface area (Å²) in [5.41, 5.74) is -1.66. The van der Waals surface area contributed by atoms with Gasteiger partial charge in [-0.2, -0.15) is 0 Å². The Morgan fingerprint density at radius 3 is 2.06 bits per heavy atom. The first-order chi connectivity index (χ1) is 15.0. The fourth-order valence-corrected chi connectivity index (χ4v) is 3.82. The van der Waals surface area contributed by atoms with E-state index in [-0.39, 0.29) is 18.9 Å². The summed E-state index contributed by atoms with van der Waals surface area (Å²) in [7, 11) is 0. The quantitative estimate of drug-likeness (QED) is 0.428. The normalized spacial score (nSPS) is 26.5. The Hall–Kier alpha value is -2.16. The van der Waals surface area contributed by atoms with Gasteiger partial charge in [0.15, 0.2) is 12.2 Å². The van der Waals surface area contributed by atoms with Crippen LogP contribution in [0.5, 0.6) is 0 Å². The van der Waals surface area contributed by atoms with Crippen LogP contribution >= 0.6 is 0 Å². The molecule has 2 rings (SSSR count). The lowest BCUT2D eigenvalue weighted by atomic mass is 9.93. The van der Waals surface area contributed by atoms with Gasteiger partial charge in [-0.1, -0.05) is 20.8 Å². The molecule has 0 radical (unpaired) electrons. The summed E-state index contributed by atoms with van der Waals surface area (Å²) in [6.45, 7) is 16.1. The Kier molecular flexibility index (Phi) is 8.20. The van der Waals surface area contributed by atoms with E-state index in [0.717, 1.165) is 11.3 Å². The Balaban J connectivity index is 2.35. The number of fused-ring (bicyclic) bond motifs is 1. The summed E-state index contributed by atoms with van der Waals surface area (Å²) in [6, 6.07) is -1.05.